The molecule has 15 heavy (non-hydrogen) atoms. The molecule has 0 saturated carbocycles. The van der Waals surface area contributed by atoms with Gasteiger partial charge in [0.25, 0.3) is 0 Å². The molecule has 1 aliphatic heterocycles. The Balaban J connectivity index is 2.02. The van der Waals surface area contributed by atoms with Gasteiger partial charge in [-0.25, -0.2) is 0 Å². The molecule has 0 amide bonds. The standard InChI is InChI=1S/C12H12ClNO/c1-14-6-12(7-14)5-8-4-9(13)2-3-10(8)11(12)15/h2-4H,5-7H2,1H3. The van der Waals surface area contributed by atoms with E-state index in [9.17, 15) is 4.79 Å². The molecule has 0 unspecified atom stereocenters. The van der Waals surface area contributed by atoms with E-state index in [2.05, 4.69) is 11.9 Å². The number of hydrogen-bond donors (Lipinski definition) is 0. The Labute approximate surface area is 93.8 Å². The minimum Gasteiger partial charge on any atom is -0.304 e. The first-order valence-electron chi connectivity index (χ1n) is 5.13. The van der Waals surface area contributed by atoms with Crippen molar-refractivity contribution in [1.29, 1.82) is 0 Å². The van der Waals surface area contributed by atoms with Gasteiger partial charge in [-0.3, -0.25) is 4.79 Å². The molecule has 1 heterocycles. The maximum absolute atomic E-state index is 12.2. The third kappa shape index (κ3) is 1.18. The molecule has 0 N–H and O–H groups in total. The topological polar surface area (TPSA) is 20.3 Å². The van der Waals surface area contributed by atoms with Crippen LogP contribution >= 0.6 is 11.6 Å². The Bertz CT molecular complexity index is 449. The summed E-state index contributed by atoms with van der Waals surface area (Å²) in [6.07, 6.45) is 0.867. The molecular weight excluding hydrogens is 210 g/mol. The second kappa shape index (κ2) is 2.83. The molecule has 1 fully saturated rings. The first kappa shape index (κ1) is 9.37. The summed E-state index contributed by atoms with van der Waals surface area (Å²) in [4.78, 5) is 14.4. The number of nitrogens with zero attached hydrogens (tertiary/aromatic N) is 1. The molecule has 3 heteroatoms. The van der Waals surface area contributed by atoms with Gasteiger partial charge < -0.3 is 4.90 Å². The minimum atomic E-state index is -0.123. The molecule has 1 aromatic carbocycles. The van der Waals surface area contributed by atoms with E-state index in [0.717, 1.165) is 35.7 Å². The number of carbonyl (C=O) groups is 1. The van der Waals surface area contributed by atoms with Crippen LogP contribution in [0.25, 0.3) is 0 Å². The van der Waals surface area contributed by atoms with Crippen LogP contribution in [0.15, 0.2) is 18.2 Å². The second-order valence-electron chi connectivity index (χ2n) is 4.76. The van der Waals surface area contributed by atoms with Crippen molar-refractivity contribution in [2.45, 2.75) is 6.42 Å². The number of likely N-dealkylation sites (tertiary alicyclic amines) is 1. The normalized spacial score (nSPS) is 22.9. The maximum atomic E-state index is 12.2. The third-order valence-electron chi connectivity index (χ3n) is 3.47. The highest BCUT2D eigenvalue weighted by Gasteiger charge is 2.52. The molecule has 2 aliphatic rings. The molecule has 1 aromatic rings. The van der Waals surface area contributed by atoms with Gasteiger partial charge in [-0.15, -0.1) is 0 Å². The molecular formula is C12H12ClNO. The molecule has 1 aliphatic carbocycles. The molecule has 78 valence electrons. The van der Waals surface area contributed by atoms with Crippen molar-refractivity contribution in [3.05, 3.63) is 34.3 Å². The average molecular weight is 222 g/mol. The zero-order chi connectivity index (χ0) is 10.6. The van der Waals surface area contributed by atoms with Crippen LogP contribution in [0.3, 0.4) is 0 Å². The highest BCUT2D eigenvalue weighted by Crippen LogP contribution is 2.43. The molecule has 3 rings (SSSR count). The summed E-state index contributed by atoms with van der Waals surface area (Å²) < 4.78 is 0. The molecule has 0 radical (unpaired) electrons. The largest absolute Gasteiger partial charge is 0.304 e. The average Bonchev–Trinajstić information content (AvgIpc) is 2.39. The van der Waals surface area contributed by atoms with E-state index in [0.29, 0.717) is 5.78 Å². The third-order valence-corrected chi connectivity index (χ3v) is 3.70. The van der Waals surface area contributed by atoms with Crippen LogP contribution in [-0.4, -0.2) is 30.8 Å². The minimum absolute atomic E-state index is 0.123. The van der Waals surface area contributed by atoms with Crippen LogP contribution in [0.4, 0.5) is 0 Å². The van der Waals surface area contributed by atoms with Crippen molar-refractivity contribution in [2.24, 2.45) is 5.41 Å². The molecule has 0 bridgehead atoms. The van der Waals surface area contributed by atoms with Crippen LogP contribution in [-0.2, 0) is 6.42 Å². The lowest BCUT2D eigenvalue weighted by Gasteiger charge is -2.44. The number of rotatable bonds is 0. The van der Waals surface area contributed by atoms with Crippen molar-refractivity contribution in [3.63, 3.8) is 0 Å². The Morgan fingerprint density at radius 2 is 2.13 bits per heavy atom. The van der Waals surface area contributed by atoms with Crippen LogP contribution < -0.4 is 0 Å². The van der Waals surface area contributed by atoms with Gasteiger partial charge >= 0.3 is 0 Å². The van der Waals surface area contributed by atoms with E-state index in [1.165, 1.54) is 0 Å². The van der Waals surface area contributed by atoms with Crippen LogP contribution in [0.1, 0.15) is 15.9 Å². The summed E-state index contributed by atoms with van der Waals surface area (Å²) in [6, 6.07) is 5.61. The van der Waals surface area contributed by atoms with Gasteiger partial charge in [0.1, 0.15) is 0 Å². The van der Waals surface area contributed by atoms with E-state index < -0.39 is 0 Å². The Morgan fingerprint density at radius 1 is 1.40 bits per heavy atom. The van der Waals surface area contributed by atoms with Crippen LogP contribution in [0.5, 0.6) is 0 Å². The predicted octanol–water partition coefficient (Wildman–Crippen LogP) is 2.01. The number of halogens is 1. The first-order valence-corrected chi connectivity index (χ1v) is 5.50. The Hall–Kier alpha value is -0.860. The fourth-order valence-corrected chi connectivity index (χ4v) is 3.10. The molecule has 2 nitrogen and oxygen atoms in total. The summed E-state index contributed by atoms with van der Waals surface area (Å²) in [5.74, 6) is 0.312. The fourth-order valence-electron chi connectivity index (χ4n) is 2.90. The van der Waals surface area contributed by atoms with Crippen LogP contribution in [0, 0.1) is 5.41 Å². The number of hydrogen-bond acceptors (Lipinski definition) is 2. The highest BCUT2D eigenvalue weighted by molar-refractivity contribution is 6.30. The van der Waals surface area contributed by atoms with Gasteiger partial charge in [-0.1, -0.05) is 11.6 Å². The number of fused-ring (bicyclic) bond motifs is 1. The quantitative estimate of drug-likeness (QED) is 0.668. The molecule has 0 atom stereocenters. The van der Waals surface area contributed by atoms with Crippen LogP contribution in [0.2, 0.25) is 5.02 Å². The first-order chi connectivity index (χ1) is 7.11. The summed E-state index contributed by atoms with van der Waals surface area (Å²) in [5, 5.41) is 0.728. The molecule has 1 spiro atoms. The molecule has 1 saturated heterocycles. The lowest BCUT2D eigenvalue weighted by atomic mass is 9.76. The number of carbonyl (C=O) groups excluding carboxylic acids is 1. The summed E-state index contributed by atoms with van der Waals surface area (Å²) >= 11 is 5.93. The Morgan fingerprint density at radius 3 is 2.80 bits per heavy atom. The highest BCUT2D eigenvalue weighted by atomic mass is 35.5. The lowest BCUT2D eigenvalue weighted by Crippen LogP contribution is -2.57. The smallest absolute Gasteiger partial charge is 0.172 e. The van der Waals surface area contributed by atoms with Gasteiger partial charge in [0.15, 0.2) is 5.78 Å². The van der Waals surface area contributed by atoms with Gasteiger partial charge in [-0.2, -0.15) is 0 Å². The number of ketones is 1. The van der Waals surface area contributed by atoms with E-state index in [-0.39, 0.29) is 5.41 Å². The van der Waals surface area contributed by atoms with Gasteiger partial charge in [0.05, 0.1) is 5.41 Å². The fraction of sp³-hybridized carbons (Fsp3) is 0.417. The Kier molecular flexibility index (Phi) is 1.77. The van der Waals surface area contributed by atoms with E-state index >= 15 is 0 Å². The molecule has 0 aromatic heterocycles. The summed E-state index contributed by atoms with van der Waals surface area (Å²) in [6.45, 7) is 1.77. The zero-order valence-corrected chi connectivity index (χ0v) is 9.34. The number of Topliss-reactive ketones (excluding diaryl/α,β-unsaturated/α-hetero) is 1. The zero-order valence-electron chi connectivity index (χ0n) is 8.59. The summed E-state index contributed by atoms with van der Waals surface area (Å²) in [7, 11) is 2.05. The summed E-state index contributed by atoms with van der Waals surface area (Å²) in [5.41, 5.74) is 1.88. The van der Waals surface area contributed by atoms with E-state index in [1.54, 1.807) is 6.07 Å². The second-order valence-corrected chi connectivity index (χ2v) is 5.20. The van der Waals surface area contributed by atoms with Crippen molar-refractivity contribution in [3.8, 4) is 0 Å². The van der Waals surface area contributed by atoms with Gasteiger partial charge in [0, 0.05) is 23.7 Å². The maximum Gasteiger partial charge on any atom is 0.172 e. The van der Waals surface area contributed by atoms with Crippen molar-refractivity contribution >= 4 is 17.4 Å². The lowest BCUT2D eigenvalue weighted by molar-refractivity contribution is 0.0282. The predicted molar refractivity (Wildman–Crippen MR) is 59.4 cm³/mol. The van der Waals surface area contributed by atoms with E-state index in [1.807, 2.05) is 12.1 Å². The number of benzene rings is 1. The SMILES string of the molecule is CN1CC2(Cc3cc(Cl)ccc3C2=O)C1. The van der Waals surface area contributed by atoms with Crippen molar-refractivity contribution < 1.29 is 4.79 Å². The van der Waals surface area contributed by atoms with Crippen molar-refractivity contribution in [2.75, 3.05) is 20.1 Å². The van der Waals surface area contributed by atoms with Crippen molar-refractivity contribution in [1.82, 2.24) is 4.90 Å². The van der Waals surface area contributed by atoms with Gasteiger partial charge in [0.2, 0.25) is 0 Å². The van der Waals surface area contributed by atoms with Gasteiger partial charge in [-0.05, 0) is 37.2 Å². The van der Waals surface area contributed by atoms with E-state index in [4.69, 9.17) is 11.6 Å². The monoisotopic (exact) mass is 221 g/mol.